The van der Waals surface area contributed by atoms with Crippen LogP contribution in [-0.4, -0.2) is 28.3 Å². The van der Waals surface area contributed by atoms with Crippen LogP contribution in [0.4, 0.5) is 0 Å². The first-order chi connectivity index (χ1) is 15.9. The predicted octanol–water partition coefficient (Wildman–Crippen LogP) is 6.81. The maximum atomic E-state index is 10.2. The molecule has 0 unspecified atom stereocenters. The summed E-state index contributed by atoms with van der Waals surface area (Å²) in [5.41, 5.74) is 7.44. The Morgan fingerprint density at radius 1 is 1.06 bits per heavy atom. The summed E-state index contributed by atoms with van der Waals surface area (Å²) in [6.45, 7) is 14.0. The normalized spacial score (nSPS) is 40.7. The number of aliphatic carboxylic acids is 1. The van der Waals surface area contributed by atoms with E-state index in [1.54, 1.807) is 5.57 Å². The lowest BCUT2D eigenvalue weighted by Gasteiger charge is -2.58. The fourth-order valence-corrected chi connectivity index (χ4v) is 8.67. The lowest BCUT2D eigenvalue weighted by atomic mass is 9.47. The molecule has 4 heteroatoms. The number of carbonyl (C=O) groups is 1. The molecule has 34 heavy (non-hydrogen) atoms. The van der Waals surface area contributed by atoms with Crippen molar-refractivity contribution in [1.29, 1.82) is 0 Å². The summed E-state index contributed by atoms with van der Waals surface area (Å²) in [6, 6.07) is -0.731. The predicted molar refractivity (Wildman–Crippen MR) is 140 cm³/mol. The number of aliphatic hydroxyl groups is 1. The lowest BCUT2D eigenvalue weighted by Crippen LogP contribution is -2.50. The molecule has 3 saturated carbocycles. The van der Waals surface area contributed by atoms with Crippen LogP contribution >= 0.6 is 0 Å². The van der Waals surface area contributed by atoms with E-state index in [0.717, 1.165) is 48.3 Å². The van der Waals surface area contributed by atoms with E-state index in [2.05, 4.69) is 40.7 Å². The number of nitrogens with two attached hydrogens (primary N) is 1. The van der Waals surface area contributed by atoms with Gasteiger partial charge in [0.05, 0.1) is 6.10 Å². The van der Waals surface area contributed by atoms with Gasteiger partial charge in [0.1, 0.15) is 6.04 Å². The van der Waals surface area contributed by atoms with E-state index in [-0.39, 0.29) is 6.10 Å². The summed E-state index contributed by atoms with van der Waals surface area (Å²) >= 11 is 0. The highest BCUT2D eigenvalue weighted by Crippen LogP contribution is 2.67. The average Bonchev–Trinajstić information content (AvgIpc) is 3.11. The van der Waals surface area contributed by atoms with E-state index in [9.17, 15) is 9.90 Å². The molecule has 0 amide bonds. The molecule has 0 aliphatic heterocycles. The molecular formula is C30H53NO3. The van der Waals surface area contributed by atoms with Crippen molar-refractivity contribution < 1.29 is 15.0 Å². The van der Waals surface area contributed by atoms with Gasteiger partial charge in [-0.1, -0.05) is 65.5 Å². The Bertz CT molecular complexity index is 731. The molecule has 9 atom stereocenters. The van der Waals surface area contributed by atoms with Gasteiger partial charge in [0.2, 0.25) is 0 Å². The van der Waals surface area contributed by atoms with Gasteiger partial charge in [-0.05, 0) is 105 Å². The summed E-state index contributed by atoms with van der Waals surface area (Å²) in [6.07, 6.45) is 17.2. The molecule has 0 aromatic rings. The second-order valence-electron chi connectivity index (χ2n) is 13.3. The van der Waals surface area contributed by atoms with Crippen LogP contribution in [0.25, 0.3) is 0 Å². The van der Waals surface area contributed by atoms with Crippen molar-refractivity contribution in [2.24, 2.45) is 52.1 Å². The van der Waals surface area contributed by atoms with Crippen LogP contribution in [0.15, 0.2) is 11.6 Å². The quantitative estimate of drug-likeness (QED) is 0.369. The average molecular weight is 476 g/mol. The molecule has 0 spiro atoms. The van der Waals surface area contributed by atoms with Crippen LogP contribution in [0.1, 0.15) is 112 Å². The van der Waals surface area contributed by atoms with Crippen LogP contribution in [0, 0.1) is 46.3 Å². The van der Waals surface area contributed by atoms with Gasteiger partial charge in [-0.15, -0.1) is 0 Å². The lowest BCUT2D eigenvalue weighted by molar-refractivity contribution is -0.138. The van der Waals surface area contributed by atoms with Crippen molar-refractivity contribution in [3.63, 3.8) is 0 Å². The molecule has 0 heterocycles. The summed E-state index contributed by atoms with van der Waals surface area (Å²) in [5, 5.41) is 18.1. The van der Waals surface area contributed by atoms with Gasteiger partial charge in [-0.25, -0.2) is 0 Å². The van der Waals surface area contributed by atoms with Gasteiger partial charge in [-0.2, -0.15) is 0 Å². The topological polar surface area (TPSA) is 83.5 Å². The number of hydrogen-bond donors (Lipinski definition) is 3. The molecule has 4 N–H and O–H groups in total. The Kier molecular flexibility index (Phi) is 8.99. The van der Waals surface area contributed by atoms with E-state index in [4.69, 9.17) is 10.8 Å². The molecule has 0 aromatic heterocycles. The Morgan fingerprint density at radius 3 is 2.35 bits per heavy atom. The van der Waals surface area contributed by atoms with Gasteiger partial charge in [-0.3, -0.25) is 4.79 Å². The largest absolute Gasteiger partial charge is 0.480 e. The molecule has 3 fully saturated rings. The van der Waals surface area contributed by atoms with Gasteiger partial charge >= 0.3 is 5.97 Å². The van der Waals surface area contributed by atoms with Crippen molar-refractivity contribution in [2.45, 2.75) is 124 Å². The Balaban J connectivity index is 0.000000481. The zero-order chi connectivity index (χ0) is 25.3. The van der Waals surface area contributed by atoms with Crippen LogP contribution in [0.2, 0.25) is 0 Å². The van der Waals surface area contributed by atoms with Gasteiger partial charge < -0.3 is 15.9 Å². The molecule has 0 saturated heterocycles. The molecular weight excluding hydrogens is 422 g/mol. The Labute approximate surface area is 209 Å². The maximum absolute atomic E-state index is 10.2. The van der Waals surface area contributed by atoms with Crippen LogP contribution < -0.4 is 5.73 Å². The smallest absolute Gasteiger partial charge is 0.320 e. The highest BCUT2D eigenvalue weighted by Gasteiger charge is 2.59. The van der Waals surface area contributed by atoms with Crippen molar-refractivity contribution in [1.82, 2.24) is 0 Å². The summed E-state index contributed by atoms with van der Waals surface area (Å²) in [4.78, 5) is 9.57. The third-order valence-corrected chi connectivity index (χ3v) is 10.7. The number of fused-ring (bicyclic) bond motifs is 5. The number of rotatable bonds is 6. The summed E-state index contributed by atoms with van der Waals surface area (Å²) < 4.78 is 0. The van der Waals surface area contributed by atoms with Crippen molar-refractivity contribution in [2.75, 3.05) is 0 Å². The Hall–Kier alpha value is -0.870. The fourth-order valence-electron chi connectivity index (χ4n) is 8.67. The zero-order valence-electron chi connectivity index (χ0n) is 22.9. The van der Waals surface area contributed by atoms with Crippen molar-refractivity contribution >= 4 is 5.97 Å². The van der Waals surface area contributed by atoms with E-state index >= 15 is 0 Å². The minimum atomic E-state index is -0.963. The van der Waals surface area contributed by atoms with Crippen LogP contribution in [-0.2, 0) is 4.79 Å². The standard InChI is InChI=1S/C27H46O.C3H7NO2/c1-18(2)7-6-8-19(3)23-11-12-24-22-10-9-20-17-21(28)13-15-26(20,4)25(22)14-16-27(23,24)5;1-2(4)3(5)6/h9,18-19,21-25,28H,6-8,10-17H2,1-5H3;2H,4H2,1H3,(H,5,6)/t19-,21+,22+,23-,24+,25+,26+,27-;2-/m10/s1. The molecule has 0 radical (unpaired) electrons. The molecule has 0 aromatic carbocycles. The second-order valence-corrected chi connectivity index (χ2v) is 13.3. The summed E-state index contributed by atoms with van der Waals surface area (Å²) in [5.74, 6) is 4.49. The SMILES string of the molecule is CC(C)CCC[C@@H](C)[C@H]1CC[C@H]2[C@@H]3CC=C4C[C@@H](O)CC[C@]4(C)[C@H]3CC[C@]12C.C[C@H](N)C(=O)O. The van der Waals surface area contributed by atoms with E-state index in [1.807, 2.05) is 0 Å². The summed E-state index contributed by atoms with van der Waals surface area (Å²) in [7, 11) is 0. The number of aliphatic hydroxyl groups excluding tert-OH is 1. The van der Waals surface area contributed by atoms with E-state index in [1.165, 1.54) is 64.7 Å². The van der Waals surface area contributed by atoms with Crippen molar-refractivity contribution in [3.05, 3.63) is 11.6 Å². The van der Waals surface area contributed by atoms with Gasteiger partial charge in [0.25, 0.3) is 0 Å². The fraction of sp³-hybridized carbons (Fsp3) is 0.900. The monoisotopic (exact) mass is 475 g/mol. The first-order valence-corrected chi connectivity index (χ1v) is 14.3. The van der Waals surface area contributed by atoms with Crippen LogP contribution in [0.5, 0.6) is 0 Å². The minimum Gasteiger partial charge on any atom is -0.480 e. The van der Waals surface area contributed by atoms with Gasteiger partial charge in [0.15, 0.2) is 0 Å². The van der Waals surface area contributed by atoms with Crippen LogP contribution in [0.3, 0.4) is 0 Å². The first-order valence-electron chi connectivity index (χ1n) is 14.3. The number of allylic oxidation sites excluding steroid dienone is 1. The Morgan fingerprint density at radius 2 is 1.74 bits per heavy atom. The number of hydrogen-bond acceptors (Lipinski definition) is 3. The maximum Gasteiger partial charge on any atom is 0.320 e. The molecule has 4 aliphatic carbocycles. The molecule has 196 valence electrons. The third kappa shape index (κ3) is 5.59. The minimum absolute atomic E-state index is 0.0766. The van der Waals surface area contributed by atoms with Crippen molar-refractivity contribution in [3.8, 4) is 0 Å². The molecule has 4 nitrogen and oxygen atoms in total. The number of carboxylic acids is 1. The first kappa shape index (κ1) is 27.7. The molecule has 4 aliphatic rings. The molecule has 4 rings (SSSR count). The highest BCUT2D eigenvalue weighted by atomic mass is 16.4. The van der Waals surface area contributed by atoms with Gasteiger partial charge in [0, 0.05) is 0 Å². The van der Waals surface area contributed by atoms with E-state index in [0.29, 0.717) is 10.8 Å². The number of carboxylic acid groups (broad SMARTS) is 1. The molecule has 0 bridgehead atoms. The third-order valence-electron chi connectivity index (χ3n) is 10.7. The van der Waals surface area contributed by atoms with E-state index < -0.39 is 12.0 Å². The second kappa shape index (κ2) is 11.0. The highest BCUT2D eigenvalue weighted by molar-refractivity contribution is 5.72. The zero-order valence-corrected chi connectivity index (χ0v) is 22.9.